The second kappa shape index (κ2) is 7.86. The Bertz CT molecular complexity index is 883. The van der Waals surface area contributed by atoms with Crippen LogP contribution in [0.1, 0.15) is 97.5 Å². The molecule has 1 heterocycles. The Hall–Kier alpha value is -1.34. The van der Waals surface area contributed by atoms with E-state index in [1.807, 2.05) is 10.9 Å². The number of hydrogen-bond acceptors (Lipinski definition) is 3. The quantitative estimate of drug-likeness (QED) is 0.611. The molecule has 4 saturated carbocycles. The summed E-state index contributed by atoms with van der Waals surface area (Å²) in [5.41, 5.74) is 1.17. The number of nitrogens with zero attached hydrogens (tertiary/aromatic N) is 3. The van der Waals surface area contributed by atoms with Gasteiger partial charge in [0, 0.05) is 12.7 Å². The molecule has 0 aromatic carbocycles. The molecule has 5 rings (SSSR count). The molecule has 1 aromatic rings. The standard InChI is InChI=1S/C28H43N3O/c1-5-28-13-12-26(3,32)14-21(28)6-7-22-24-9-8-23(27(24,4)11-10-25(22)28)19(2)17-31-18-20(15-29)16-30-31/h16,18-19,21-25,32H,5-14,17H2,1-4H3/t19-,21+,22-,23?,24-,25-,26+,27+,28-/m0/s1. The van der Waals surface area contributed by atoms with Gasteiger partial charge in [0.05, 0.1) is 17.4 Å². The maximum atomic E-state index is 10.8. The highest BCUT2D eigenvalue weighted by Crippen LogP contribution is 2.69. The van der Waals surface area contributed by atoms with E-state index in [1.54, 1.807) is 6.20 Å². The van der Waals surface area contributed by atoms with Gasteiger partial charge in [-0.2, -0.15) is 10.4 Å². The Morgan fingerprint density at radius 3 is 2.69 bits per heavy atom. The number of fused-ring (bicyclic) bond motifs is 5. The van der Waals surface area contributed by atoms with Gasteiger partial charge in [0.2, 0.25) is 0 Å². The van der Waals surface area contributed by atoms with E-state index in [-0.39, 0.29) is 0 Å². The topological polar surface area (TPSA) is 61.8 Å². The van der Waals surface area contributed by atoms with Crippen LogP contribution >= 0.6 is 0 Å². The fourth-order valence-electron chi connectivity index (χ4n) is 9.86. The summed E-state index contributed by atoms with van der Waals surface area (Å²) in [6.07, 6.45) is 16.4. The van der Waals surface area contributed by atoms with E-state index in [1.165, 1.54) is 51.4 Å². The molecule has 176 valence electrons. The van der Waals surface area contributed by atoms with E-state index in [0.29, 0.717) is 22.3 Å². The number of rotatable bonds is 4. The number of aromatic nitrogens is 2. The van der Waals surface area contributed by atoms with Gasteiger partial charge in [0.25, 0.3) is 0 Å². The molecule has 0 aliphatic heterocycles. The number of aliphatic hydroxyl groups is 1. The highest BCUT2D eigenvalue weighted by atomic mass is 16.3. The molecule has 4 fully saturated rings. The van der Waals surface area contributed by atoms with Crippen LogP contribution in [0, 0.1) is 57.7 Å². The first-order valence-electron chi connectivity index (χ1n) is 13.4. The monoisotopic (exact) mass is 437 g/mol. The molecule has 4 aliphatic rings. The molecule has 4 heteroatoms. The minimum atomic E-state index is -0.439. The summed E-state index contributed by atoms with van der Waals surface area (Å²) >= 11 is 0. The smallest absolute Gasteiger partial charge is 0.102 e. The van der Waals surface area contributed by atoms with Crippen LogP contribution in [0.3, 0.4) is 0 Å². The Morgan fingerprint density at radius 1 is 1.16 bits per heavy atom. The van der Waals surface area contributed by atoms with Crippen molar-refractivity contribution in [2.75, 3.05) is 0 Å². The van der Waals surface area contributed by atoms with Crippen LogP contribution in [0.2, 0.25) is 0 Å². The first-order valence-corrected chi connectivity index (χ1v) is 13.4. The van der Waals surface area contributed by atoms with Crippen LogP contribution in [-0.2, 0) is 6.54 Å². The first-order chi connectivity index (χ1) is 15.2. The van der Waals surface area contributed by atoms with Gasteiger partial charge in [-0.05, 0) is 117 Å². The van der Waals surface area contributed by atoms with Gasteiger partial charge in [0.1, 0.15) is 6.07 Å². The SMILES string of the molecule is CC[C@]12CC[C@@](C)(O)C[C@H]1CC[C@@H]1[C@@H]2CC[C@]2(C)C([C@@H](C)Cn3cc(C#N)cn3)CC[C@@H]12. The average Bonchev–Trinajstić information content (AvgIpc) is 3.36. The van der Waals surface area contributed by atoms with Crippen LogP contribution in [0.15, 0.2) is 12.4 Å². The summed E-state index contributed by atoms with van der Waals surface area (Å²) in [5.74, 6) is 4.71. The lowest BCUT2D eigenvalue weighted by Gasteiger charge is -2.63. The van der Waals surface area contributed by atoms with Gasteiger partial charge in [-0.1, -0.05) is 20.8 Å². The second-order valence-electron chi connectivity index (χ2n) is 12.7. The largest absolute Gasteiger partial charge is 0.390 e. The summed E-state index contributed by atoms with van der Waals surface area (Å²) in [4.78, 5) is 0. The molecular formula is C28H43N3O. The summed E-state index contributed by atoms with van der Waals surface area (Å²) < 4.78 is 2.00. The Labute approximate surface area is 194 Å². The maximum Gasteiger partial charge on any atom is 0.102 e. The fourth-order valence-corrected chi connectivity index (χ4v) is 9.86. The van der Waals surface area contributed by atoms with E-state index < -0.39 is 5.60 Å². The zero-order chi connectivity index (χ0) is 22.7. The fraction of sp³-hybridized carbons (Fsp3) is 0.857. The third-order valence-electron chi connectivity index (χ3n) is 11.3. The van der Waals surface area contributed by atoms with Crippen LogP contribution in [0.4, 0.5) is 0 Å². The molecular weight excluding hydrogens is 394 g/mol. The maximum absolute atomic E-state index is 10.8. The van der Waals surface area contributed by atoms with E-state index in [4.69, 9.17) is 5.26 Å². The van der Waals surface area contributed by atoms with Gasteiger partial charge >= 0.3 is 0 Å². The molecule has 1 N–H and O–H groups in total. The van der Waals surface area contributed by atoms with E-state index in [0.717, 1.165) is 49.0 Å². The molecule has 1 aromatic heterocycles. The molecule has 4 nitrogen and oxygen atoms in total. The predicted octanol–water partition coefficient (Wildman–Crippen LogP) is 6.19. The first kappa shape index (κ1) is 22.5. The van der Waals surface area contributed by atoms with Crippen molar-refractivity contribution in [2.45, 2.75) is 104 Å². The van der Waals surface area contributed by atoms with Crippen molar-refractivity contribution >= 4 is 0 Å². The minimum absolute atomic E-state index is 0.439. The minimum Gasteiger partial charge on any atom is -0.390 e. The summed E-state index contributed by atoms with van der Waals surface area (Å²) in [7, 11) is 0. The van der Waals surface area contributed by atoms with E-state index in [2.05, 4.69) is 38.9 Å². The Balaban J connectivity index is 1.35. The third-order valence-corrected chi connectivity index (χ3v) is 11.3. The lowest BCUT2D eigenvalue weighted by Crippen LogP contribution is -2.56. The van der Waals surface area contributed by atoms with Crippen molar-refractivity contribution < 1.29 is 5.11 Å². The molecule has 0 radical (unpaired) electrons. The summed E-state index contributed by atoms with van der Waals surface area (Å²) in [6, 6.07) is 2.21. The van der Waals surface area contributed by atoms with E-state index >= 15 is 0 Å². The zero-order valence-corrected chi connectivity index (χ0v) is 20.7. The van der Waals surface area contributed by atoms with Crippen LogP contribution in [0.5, 0.6) is 0 Å². The van der Waals surface area contributed by atoms with Crippen LogP contribution in [0.25, 0.3) is 0 Å². The molecule has 1 unspecified atom stereocenters. The van der Waals surface area contributed by atoms with Crippen LogP contribution in [-0.4, -0.2) is 20.5 Å². The summed E-state index contributed by atoms with van der Waals surface area (Å²) in [6.45, 7) is 10.5. The lowest BCUT2D eigenvalue weighted by atomic mass is 9.42. The van der Waals surface area contributed by atoms with Crippen molar-refractivity contribution in [1.29, 1.82) is 5.26 Å². The van der Waals surface area contributed by atoms with Crippen LogP contribution < -0.4 is 0 Å². The highest BCUT2D eigenvalue weighted by molar-refractivity contribution is 5.21. The molecule has 4 aliphatic carbocycles. The van der Waals surface area contributed by atoms with Crippen molar-refractivity contribution in [3.63, 3.8) is 0 Å². The lowest BCUT2D eigenvalue weighted by molar-refractivity contribution is -0.157. The molecule has 9 atom stereocenters. The van der Waals surface area contributed by atoms with Crippen molar-refractivity contribution in [3.05, 3.63) is 18.0 Å². The second-order valence-corrected chi connectivity index (χ2v) is 12.7. The van der Waals surface area contributed by atoms with Crippen molar-refractivity contribution in [1.82, 2.24) is 9.78 Å². The van der Waals surface area contributed by atoms with Gasteiger partial charge in [-0.25, -0.2) is 0 Å². The molecule has 0 bridgehead atoms. The zero-order valence-electron chi connectivity index (χ0n) is 20.7. The van der Waals surface area contributed by atoms with Gasteiger partial charge < -0.3 is 5.11 Å². The third kappa shape index (κ3) is 3.37. The Kier molecular flexibility index (Phi) is 5.52. The van der Waals surface area contributed by atoms with Crippen molar-refractivity contribution in [3.8, 4) is 6.07 Å². The summed E-state index contributed by atoms with van der Waals surface area (Å²) in [5, 5.41) is 24.4. The Morgan fingerprint density at radius 2 is 1.97 bits per heavy atom. The molecule has 0 amide bonds. The number of hydrogen-bond donors (Lipinski definition) is 1. The van der Waals surface area contributed by atoms with Crippen molar-refractivity contribution in [2.24, 2.45) is 46.3 Å². The van der Waals surface area contributed by atoms with Gasteiger partial charge in [-0.15, -0.1) is 0 Å². The molecule has 32 heavy (non-hydrogen) atoms. The normalized spacial score (nSPS) is 46.6. The average molecular weight is 438 g/mol. The highest BCUT2D eigenvalue weighted by Gasteiger charge is 2.62. The molecule has 0 spiro atoms. The number of nitriles is 1. The van der Waals surface area contributed by atoms with E-state index in [9.17, 15) is 5.11 Å². The van der Waals surface area contributed by atoms with Gasteiger partial charge in [-0.3, -0.25) is 4.68 Å². The van der Waals surface area contributed by atoms with Gasteiger partial charge in [0.15, 0.2) is 0 Å². The predicted molar refractivity (Wildman–Crippen MR) is 127 cm³/mol. The molecule has 0 saturated heterocycles.